The van der Waals surface area contributed by atoms with Crippen molar-refractivity contribution in [3.8, 4) is 0 Å². The Labute approximate surface area is 117 Å². The van der Waals surface area contributed by atoms with E-state index >= 15 is 0 Å². The van der Waals surface area contributed by atoms with E-state index in [9.17, 15) is 4.79 Å². The topological polar surface area (TPSA) is 58.4 Å². The average molecular weight is 267 g/mol. The summed E-state index contributed by atoms with van der Waals surface area (Å²) < 4.78 is 0. The number of nitrogens with zero attached hydrogens (tertiary/aromatic N) is 1. The van der Waals surface area contributed by atoms with Crippen LogP contribution in [0.15, 0.2) is 0 Å². The molecule has 1 amide bonds. The van der Waals surface area contributed by atoms with Gasteiger partial charge in [-0.1, -0.05) is 0 Å². The van der Waals surface area contributed by atoms with E-state index in [4.69, 9.17) is 5.73 Å². The van der Waals surface area contributed by atoms with Crippen molar-refractivity contribution in [3.05, 3.63) is 0 Å². The summed E-state index contributed by atoms with van der Waals surface area (Å²) in [5.74, 6) is 1.53. The molecule has 4 heteroatoms. The third kappa shape index (κ3) is 4.46. The maximum atomic E-state index is 12.0. The van der Waals surface area contributed by atoms with Crippen molar-refractivity contribution in [2.75, 3.05) is 26.7 Å². The molecule has 0 spiro atoms. The van der Waals surface area contributed by atoms with Crippen molar-refractivity contribution >= 4 is 5.91 Å². The molecule has 0 aromatic carbocycles. The lowest BCUT2D eigenvalue weighted by molar-refractivity contribution is -0.122. The molecule has 1 unspecified atom stereocenters. The van der Waals surface area contributed by atoms with Crippen molar-refractivity contribution in [3.63, 3.8) is 0 Å². The van der Waals surface area contributed by atoms with Crippen LogP contribution in [0.3, 0.4) is 0 Å². The van der Waals surface area contributed by atoms with Crippen molar-refractivity contribution in [1.29, 1.82) is 0 Å². The van der Waals surface area contributed by atoms with Gasteiger partial charge in [0.2, 0.25) is 5.91 Å². The van der Waals surface area contributed by atoms with Gasteiger partial charge < -0.3 is 16.0 Å². The summed E-state index contributed by atoms with van der Waals surface area (Å²) in [4.78, 5) is 14.3. The predicted molar refractivity (Wildman–Crippen MR) is 77.8 cm³/mol. The zero-order valence-corrected chi connectivity index (χ0v) is 12.2. The Bertz CT molecular complexity index is 287. The molecule has 1 aliphatic heterocycles. The molecule has 19 heavy (non-hydrogen) atoms. The number of likely N-dealkylation sites (tertiary alicyclic amines) is 1. The van der Waals surface area contributed by atoms with Gasteiger partial charge in [0, 0.05) is 19.0 Å². The molecular formula is C15H29N3O. The predicted octanol–water partition coefficient (Wildman–Crippen LogP) is 1.35. The number of rotatable bonds is 5. The Morgan fingerprint density at radius 3 is 2.47 bits per heavy atom. The van der Waals surface area contributed by atoms with Crippen LogP contribution in [0.25, 0.3) is 0 Å². The number of hydrogen-bond acceptors (Lipinski definition) is 3. The fraction of sp³-hybridized carbons (Fsp3) is 0.933. The van der Waals surface area contributed by atoms with Crippen LogP contribution in [-0.4, -0.2) is 43.5 Å². The molecule has 0 aromatic rings. The number of nitrogens with one attached hydrogen (secondary N) is 1. The molecule has 1 aliphatic carbocycles. The first-order valence-corrected chi connectivity index (χ1v) is 7.86. The highest BCUT2D eigenvalue weighted by Crippen LogP contribution is 2.30. The summed E-state index contributed by atoms with van der Waals surface area (Å²) in [5, 5.41) is 3.12. The molecule has 110 valence electrons. The number of likely N-dealkylation sites (N-methyl/N-ethyl adjacent to an activating group) is 1. The van der Waals surface area contributed by atoms with E-state index in [1.54, 1.807) is 0 Å². The minimum absolute atomic E-state index is 0.247. The van der Waals surface area contributed by atoms with Gasteiger partial charge in [-0.3, -0.25) is 4.79 Å². The summed E-state index contributed by atoms with van der Waals surface area (Å²) >= 11 is 0. The van der Waals surface area contributed by atoms with E-state index in [2.05, 4.69) is 17.3 Å². The van der Waals surface area contributed by atoms with E-state index in [0.29, 0.717) is 24.3 Å². The number of carbonyl (C=O) groups excluding carboxylic acids is 1. The summed E-state index contributed by atoms with van der Waals surface area (Å²) in [6.45, 7) is 2.81. The number of hydrogen-bond donors (Lipinski definition) is 2. The average Bonchev–Trinajstić information content (AvgIpc) is 2.83. The molecule has 1 saturated heterocycles. The summed E-state index contributed by atoms with van der Waals surface area (Å²) in [7, 11) is 2.15. The van der Waals surface area contributed by atoms with Crippen molar-refractivity contribution < 1.29 is 4.79 Å². The zero-order chi connectivity index (χ0) is 13.7. The number of amides is 1. The lowest BCUT2D eigenvalue weighted by atomic mass is 9.80. The van der Waals surface area contributed by atoms with Crippen LogP contribution in [0.1, 0.15) is 44.9 Å². The maximum Gasteiger partial charge on any atom is 0.220 e. The quantitative estimate of drug-likeness (QED) is 0.790. The fourth-order valence-electron chi connectivity index (χ4n) is 3.47. The first kappa shape index (κ1) is 14.8. The van der Waals surface area contributed by atoms with Crippen molar-refractivity contribution in [2.45, 2.75) is 51.0 Å². The second-order valence-electron chi connectivity index (χ2n) is 6.41. The third-order valence-electron chi connectivity index (χ3n) is 4.98. The van der Waals surface area contributed by atoms with Crippen LogP contribution in [0.2, 0.25) is 0 Å². The highest BCUT2D eigenvalue weighted by molar-refractivity contribution is 5.76. The smallest absolute Gasteiger partial charge is 0.220 e. The maximum absolute atomic E-state index is 12.0. The van der Waals surface area contributed by atoms with Gasteiger partial charge in [-0.2, -0.15) is 0 Å². The molecule has 3 N–H and O–H groups in total. The van der Waals surface area contributed by atoms with Crippen LogP contribution >= 0.6 is 0 Å². The van der Waals surface area contributed by atoms with Crippen LogP contribution in [-0.2, 0) is 4.79 Å². The van der Waals surface area contributed by atoms with Crippen molar-refractivity contribution in [1.82, 2.24) is 10.2 Å². The van der Waals surface area contributed by atoms with Crippen LogP contribution in [0.4, 0.5) is 0 Å². The van der Waals surface area contributed by atoms with Gasteiger partial charge in [0.05, 0.1) is 0 Å². The molecule has 2 aliphatic rings. The van der Waals surface area contributed by atoms with Crippen molar-refractivity contribution in [2.24, 2.45) is 17.6 Å². The van der Waals surface area contributed by atoms with Gasteiger partial charge in [-0.15, -0.1) is 0 Å². The van der Waals surface area contributed by atoms with E-state index in [-0.39, 0.29) is 5.91 Å². The second kappa shape index (κ2) is 7.25. The molecule has 4 nitrogen and oxygen atoms in total. The van der Waals surface area contributed by atoms with Crippen LogP contribution in [0, 0.1) is 11.8 Å². The second-order valence-corrected chi connectivity index (χ2v) is 6.41. The van der Waals surface area contributed by atoms with Crippen LogP contribution < -0.4 is 11.1 Å². The first-order valence-electron chi connectivity index (χ1n) is 7.86. The normalized spacial score (nSPS) is 32.4. The molecule has 2 fully saturated rings. The Morgan fingerprint density at radius 1 is 1.21 bits per heavy atom. The summed E-state index contributed by atoms with van der Waals surface area (Å²) in [5.41, 5.74) is 5.70. The Kier molecular flexibility index (Phi) is 5.64. The molecular weight excluding hydrogens is 238 g/mol. The van der Waals surface area contributed by atoms with E-state index in [1.807, 2.05) is 0 Å². The minimum Gasteiger partial charge on any atom is -0.355 e. The van der Waals surface area contributed by atoms with Gasteiger partial charge in [-0.25, -0.2) is 0 Å². The Morgan fingerprint density at radius 2 is 1.89 bits per heavy atom. The summed E-state index contributed by atoms with van der Waals surface area (Å²) in [6, 6.07) is 0.553. The van der Waals surface area contributed by atoms with Gasteiger partial charge in [0.15, 0.2) is 0 Å². The summed E-state index contributed by atoms with van der Waals surface area (Å²) in [6.07, 6.45) is 7.98. The molecule has 1 atom stereocenters. The molecule has 0 bridgehead atoms. The SMILES string of the molecule is CN1CCCC1CNC(=O)CC1CCC(CN)CC1. The standard InChI is InChI=1S/C15H29N3O/c1-18-8-2-3-14(18)11-17-15(19)9-12-4-6-13(10-16)7-5-12/h12-14H,2-11,16H2,1H3,(H,17,19). The highest BCUT2D eigenvalue weighted by Gasteiger charge is 2.24. The lowest BCUT2D eigenvalue weighted by Gasteiger charge is -2.27. The molecule has 2 rings (SSSR count). The van der Waals surface area contributed by atoms with Crippen LogP contribution in [0.5, 0.6) is 0 Å². The third-order valence-corrected chi connectivity index (χ3v) is 4.98. The molecule has 1 heterocycles. The number of carbonyl (C=O) groups is 1. The largest absolute Gasteiger partial charge is 0.355 e. The molecule has 1 saturated carbocycles. The monoisotopic (exact) mass is 267 g/mol. The molecule has 0 radical (unpaired) electrons. The Hall–Kier alpha value is -0.610. The molecule has 0 aromatic heterocycles. The van der Waals surface area contributed by atoms with Gasteiger partial charge in [0.25, 0.3) is 0 Å². The van der Waals surface area contributed by atoms with Gasteiger partial charge >= 0.3 is 0 Å². The van der Waals surface area contributed by atoms with Gasteiger partial charge in [-0.05, 0) is 70.5 Å². The Balaban J connectivity index is 1.62. The first-order chi connectivity index (χ1) is 9.19. The fourth-order valence-corrected chi connectivity index (χ4v) is 3.47. The van der Waals surface area contributed by atoms with E-state index < -0.39 is 0 Å². The highest BCUT2D eigenvalue weighted by atomic mass is 16.1. The van der Waals surface area contributed by atoms with E-state index in [0.717, 1.165) is 13.1 Å². The minimum atomic E-state index is 0.247. The van der Waals surface area contributed by atoms with E-state index in [1.165, 1.54) is 45.1 Å². The number of nitrogens with two attached hydrogens (primary N) is 1. The lowest BCUT2D eigenvalue weighted by Crippen LogP contribution is -2.39. The van der Waals surface area contributed by atoms with Gasteiger partial charge in [0.1, 0.15) is 0 Å². The zero-order valence-electron chi connectivity index (χ0n) is 12.2.